The third kappa shape index (κ3) is 4.78. The number of halogens is 16. The van der Waals surface area contributed by atoms with Crippen LogP contribution in [0.4, 0.5) is 70.2 Å². The summed E-state index contributed by atoms with van der Waals surface area (Å²) in [5.41, 5.74) is 0. The molecule has 0 saturated carbocycles. The molecule has 0 saturated heterocycles. The molecule has 0 aliphatic heterocycles. The maximum atomic E-state index is 13.6. The summed E-state index contributed by atoms with van der Waals surface area (Å²) in [5, 5.41) is 0.887. The maximum absolute atomic E-state index is 13.6. The molecule has 0 aliphatic rings. The van der Waals surface area contributed by atoms with Crippen LogP contribution in [0.3, 0.4) is 0 Å². The summed E-state index contributed by atoms with van der Waals surface area (Å²) in [6, 6.07) is 0. The molecule has 198 valence electrons. The van der Waals surface area contributed by atoms with Gasteiger partial charge in [0, 0.05) is 6.54 Å². The van der Waals surface area contributed by atoms with Crippen LogP contribution in [0.2, 0.25) is 0 Å². The normalized spacial score (nSPS) is 15.4. The van der Waals surface area contributed by atoms with Crippen LogP contribution >= 0.6 is 0 Å². The molecule has 0 unspecified atom stereocenters. The minimum Gasteiger partial charge on any atom is -0.351 e. The number of hydrogen-bond donors (Lipinski definition) is 1. The van der Waals surface area contributed by atoms with Crippen molar-refractivity contribution < 1.29 is 75.0 Å². The number of hydrogen-bond acceptors (Lipinski definition) is 2. The van der Waals surface area contributed by atoms with Crippen LogP contribution in [0.5, 0.6) is 0 Å². The molecule has 0 rings (SSSR count). The second-order valence-corrected chi connectivity index (χ2v) is 6.78. The second kappa shape index (κ2) is 9.16. The first-order valence-corrected chi connectivity index (χ1v) is 8.14. The van der Waals surface area contributed by atoms with Gasteiger partial charge in [0.15, 0.2) is 0 Å². The highest BCUT2D eigenvalue weighted by Gasteiger charge is 2.94. The number of amides is 1. The standard InChI is InChI=1S/C14H14F16N2O/c1-32(2)5-3-4-31-7(33)9(19,20)11(23,24)13(27,28)14(29,30)12(25,26)10(21,22)8(17,18)6(15)16/h6H,3-5H2,1-2H3,(H,31,33). The van der Waals surface area contributed by atoms with Crippen molar-refractivity contribution in [2.24, 2.45) is 0 Å². The Kier molecular flexibility index (Phi) is 8.69. The van der Waals surface area contributed by atoms with Crippen LogP contribution in [0.15, 0.2) is 0 Å². The number of rotatable bonds is 12. The van der Waals surface area contributed by atoms with Gasteiger partial charge in [-0.1, -0.05) is 0 Å². The Hall–Kier alpha value is -1.69. The topological polar surface area (TPSA) is 32.3 Å². The van der Waals surface area contributed by atoms with Gasteiger partial charge in [0.1, 0.15) is 0 Å². The Labute approximate surface area is 174 Å². The molecule has 0 bridgehead atoms. The number of carbonyl (C=O) groups excluding carboxylic acids is 1. The summed E-state index contributed by atoms with van der Waals surface area (Å²) in [7, 11) is 2.78. The summed E-state index contributed by atoms with van der Waals surface area (Å²) in [6.07, 6.45) is -6.22. The summed E-state index contributed by atoms with van der Waals surface area (Å²) < 4.78 is 210. The zero-order chi connectivity index (χ0) is 27.1. The van der Waals surface area contributed by atoms with Crippen molar-refractivity contribution in [3.63, 3.8) is 0 Å². The van der Waals surface area contributed by atoms with E-state index in [1.54, 1.807) is 0 Å². The van der Waals surface area contributed by atoms with Crippen LogP contribution in [0.1, 0.15) is 6.42 Å². The van der Waals surface area contributed by atoms with Crippen molar-refractivity contribution in [2.45, 2.75) is 54.3 Å². The van der Waals surface area contributed by atoms with Gasteiger partial charge in [-0.3, -0.25) is 4.79 Å². The second-order valence-electron chi connectivity index (χ2n) is 6.78. The average Bonchev–Trinajstić information content (AvgIpc) is 2.63. The summed E-state index contributed by atoms with van der Waals surface area (Å²) in [4.78, 5) is 12.5. The molecule has 0 aliphatic carbocycles. The van der Waals surface area contributed by atoms with Gasteiger partial charge in [-0.05, 0) is 27.1 Å². The molecule has 1 N–H and O–H groups in total. The van der Waals surface area contributed by atoms with Crippen molar-refractivity contribution in [1.82, 2.24) is 10.2 Å². The highest BCUT2D eigenvalue weighted by atomic mass is 19.4. The highest BCUT2D eigenvalue weighted by Crippen LogP contribution is 2.62. The number of nitrogens with one attached hydrogen (secondary N) is 1. The summed E-state index contributed by atoms with van der Waals surface area (Å²) in [5.74, 6) is -59.3. The van der Waals surface area contributed by atoms with Gasteiger partial charge in [0.2, 0.25) is 0 Å². The van der Waals surface area contributed by atoms with E-state index in [4.69, 9.17) is 0 Å². The molecule has 33 heavy (non-hydrogen) atoms. The zero-order valence-corrected chi connectivity index (χ0v) is 16.1. The van der Waals surface area contributed by atoms with Crippen molar-refractivity contribution in [1.29, 1.82) is 0 Å². The molecular weight excluding hydrogens is 516 g/mol. The van der Waals surface area contributed by atoms with E-state index >= 15 is 0 Å². The Morgan fingerprint density at radius 1 is 0.697 bits per heavy atom. The molecular formula is C14H14F16N2O. The van der Waals surface area contributed by atoms with Crippen LogP contribution < -0.4 is 5.32 Å². The SMILES string of the molecule is CN(C)CCCNC(=O)C(F)(F)C(F)(F)C(F)(F)C(F)(F)C(F)(F)C(F)(F)C(F)(F)C(F)F. The lowest BCUT2D eigenvalue weighted by Gasteiger charge is -2.42. The van der Waals surface area contributed by atoms with Crippen molar-refractivity contribution in [3.8, 4) is 0 Å². The first kappa shape index (κ1) is 31.3. The van der Waals surface area contributed by atoms with Gasteiger partial charge in [0.25, 0.3) is 5.91 Å². The van der Waals surface area contributed by atoms with E-state index in [0.29, 0.717) is 0 Å². The molecule has 1 amide bonds. The van der Waals surface area contributed by atoms with Crippen LogP contribution in [0.25, 0.3) is 0 Å². The predicted octanol–water partition coefficient (Wildman–Crippen LogP) is 4.77. The Morgan fingerprint density at radius 3 is 1.42 bits per heavy atom. The van der Waals surface area contributed by atoms with Gasteiger partial charge in [-0.15, -0.1) is 0 Å². The fourth-order valence-corrected chi connectivity index (χ4v) is 1.99. The molecule has 0 aromatic rings. The quantitative estimate of drug-likeness (QED) is 0.292. The van der Waals surface area contributed by atoms with Gasteiger partial charge in [0.05, 0.1) is 0 Å². The van der Waals surface area contributed by atoms with E-state index in [2.05, 4.69) is 0 Å². The molecule has 19 heteroatoms. The largest absolute Gasteiger partial charge is 0.392 e. The number of nitrogens with zero attached hydrogens (tertiary/aromatic N) is 1. The highest BCUT2D eigenvalue weighted by molar-refractivity contribution is 5.84. The van der Waals surface area contributed by atoms with Crippen molar-refractivity contribution >= 4 is 5.91 Å². The molecule has 0 atom stereocenters. The maximum Gasteiger partial charge on any atom is 0.392 e. The Balaban J connectivity index is 6.27. The average molecular weight is 530 g/mol. The lowest BCUT2D eigenvalue weighted by atomic mass is 9.89. The minimum atomic E-state index is -8.51. The Morgan fingerprint density at radius 2 is 1.06 bits per heavy atom. The van der Waals surface area contributed by atoms with E-state index in [-0.39, 0.29) is 13.0 Å². The fraction of sp³-hybridized carbons (Fsp3) is 0.929. The monoisotopic (exact) mass is 530 g/mol. The van der Waals surface area contributed by atoms with E-state index < -0.39 is 60.3 Å². The third-order valence-corrected chi connectivity index (χ3v) is 4.02. The smallest absolute Gasteiger partial charge is 0.351 e. The van der Waals surface area contributed by atoms with E-state index in [1.165, 1.54) is 19.0 Å². The molecule has 0 spiro atoms. The van der Waals surface area contributed by atoms with Gasteiger partial charge in [-0.25, -0.2) is 8.78 Å². The van der Waals surface area contributed by atoms with E-state index in [9.17, 15) is 75.0 Å². The third-order valence-electron chi connectivity index (χ3n) is 4.02. The Bertz CT molecular complexity index is 691. The van der Waals surface area contributed by atoms with E-state index in [0.717, 1.165) is 5.32 Å². The summed E-state index contributed by atoms with van der Waals surface area (Å²) in [6.45, 7) is -1.00. The molecule has 3 nitrogen and oxygen atoms in total. The minimum absolute atomic E-state index is 0.0316. The van der Waals surface area contributed by atoms with Gasteiger partial charge < -0.3 is 10.2 Å². The van der Waals surface area contributed by atoms with Gasteiger partial charge in [-0.2, -0.15) is 61.5 Å². The molecule has 0 aromatic carbocycles. The predicted molar refractivity (Wildman–Crippen MR) is 76.8 cm³/mol. The van der Waals surface area contributed by atoms with Crippen LogP contribution in [0, 0.1) is 0 Å². The van der Waals surface area contributed by atoms with Crippen molar-refractivity contribution in [2.75, 3.05) is 27.2 Å². The van der Waals surface area contributed by atoms with Gasteiger partial charge >= 0.3 is 47.9 Å². The number of alkyl halides is 16. The van der Waals surface area contributed by atoms with E-state index in [1.807, 2.05) is 0 Å². The first-order valence-electron chi connectivity index (χ1n) is 8.14. The molecule has 0 aromatic heterocycles. The van der Waals surface area contributed by atoms with Crippen molar-refractivity contribution in [3.05, 3.63) is 0 Å². The fourth-order valence-electron chi connectivity index (χ4n) is 1.99. The molecule has 0 fully saturated rings. The first-order chi connectivity index (χ1) is 14.3. The number of carbonyl (C=O) groups is 1. The molecule has 0 heterocycles. The summed E-state index contributed by atoms with van der Waals surface area (Å²) >= 11 is 0. The lowest BCUT2D eigenvalue weighted by molar-refractivity contribution is -0.443. The van der Waals surface area contributed by atoms with Crippen LogP contribution in [-0.2, 0) is 4.79 Å². The van der Waals surface area contributed by atoms with Crippen LogP contribution in [-0.4, -0.2) is 85.9 Å². The lowest BCUT2D eigenvalue weighted by Crippen LogP contribution is -2.74. The molecule has 0 radical (unpaired) electrons. The zero-order valence-electron chi connectivity index (χ0n) is 16.1.